The van der Waals surface area contributed by atoms with Gasteiger partial charge in [-0.05, 0) is 24.3 Å². The molecule has 0 aliphatic carbocycles. The molecule has 0 atom stereocenters. The number of hydrogen-bond donors (Lipinski definition) is 1. The van der Waals surface area contributed by atoms with Gasteiger partial charge in [0, 0.05) is 18.4 Å². The van der Waals surface area contributed by atoms with Gasteiger partial charge in [-0.25, -0.2) is 0 Å². The number of nitrogens with zero attached hydrogens (tertiary/aromatic N) is 2. The van der Waals surface area contributed by atoms with E-state index in [4.69, 9.17) is 15.3 Å². The lowest BCUT2D eigenvalue weighted by atomic mass is 10.2. The Balaban J connectivity index is 0.000000357. The second-order valence-electron chi connectivity index (χ2n) is 3.47. The number of benzene rings is 2. The van der Waals surface area contributed by atoms with Crippen molar-refractivity contribution in [2.45, 2.75) is 0 Å². The molecule has 5 heteroatoms. The van der Waals surface area contributed by atoms with Crippen LogP contribution in [0.25, 0.3) is 0 Å². The van der Waals surface area contributed by atoms with Crippen LogP contribution in [0.2, 0.25) is 0 Å². The molecule has 0 saturated carbocycles. The molecule has 2 rings (SSSR count). The van der Waals surface area contributed by atoms with E-state index in [1.54, 1.807) is 0 Å². The van der Waals surface area contributed by atoms with Crippen molar-refractivity contribution in [2.75, 3.05) is 11.9 Å². The van der Waals surface area contributed by atoms with Crippen LogP contribution in [0, 0.1) is 10.1 Å². The summed E-state index contributed by atoms with van der Waals surface area (Å²) >= 11 is 0. The van der Waals surface area contributed by atoms with Crippen LogP contribution in [0.1, 0.15) is 0 Å². The first-order chi connectivity index (χ1) is 8.61. The lowest BCUT2D eigenvalue weighted by Gasteiger charge is -2.18. The zero-order valence-electron chi connectivity index (χ0n) is 9.93. The molecule has 0 aromatic heterocycles. The average Bonchev–Trinajstić information content (AvgIpc) is 2.39. The minimum atomic E-state index is -1.50. The third-order valence-corrected chi connectivity index (χ3v) is 2.29. The lowest BCUT2D eigenvalue weighted by molar-refractivity contribution is -0.742. The Kier molecular flexibility index (Phi) is 5.18. The van der Waals surface area contributed by atoms with Crippen molar-refractivity contribution in [3.05, 3.63) is 70.8 Å². The van der Waals surface area contributed by atoms with Crippen molar-refractivity contribution in [3.8, 4) is 0 Å². The quantitative estimate of drug-likeness (QED) is 0.653. The maximum Gasteiger partial charge on any atom is 0.291 e. The minimum Gasteiger partial charge on any atom is -0.345 e. The van der Waals surface area contributed by atoms with E-state index < -0.39 is 5.09 Å². The summed E-state index contributed by atoms with van der Waals surface area (Å²) in [6.45, 7) is 0. The van der Waals surface area contributed by atoms with E-state index in [1.165, 1.54) is 11.4 Å². The second kappa shape index (κ2) is 6.90. The fourth-order valence-corrected chi connectivity index (χ4v) is 1.45. The van der Waals surface area contributed by atoms with Gasteiger partial charge in [-0.15, -0.1) is 10.1 Å². The predicted molar refractivity (Wildman–Crippen MR) is 69.7 cm³/mol. The third-order valence-electron chi connectivity index (χ3n) is 2.29. The first-order valence-corrected chi connectivity index (χ1v) is 5.28. The summed E-state index contributed by atoms with van der Waals surface area (Å²) < 4.78 is 0. The number of anilines is 2. The molecule has 0 amide bonds. The largest absolute Gasteiger partial charge is 0.345 e. The summed E-state index contributed by atoms with van der Waals surface area (Å²) in [6, 6.07) is 20.7. The fraction of sp³-hybridized carbons (Fsp3) is 0.0769. The van der Waals surface area contributed by atoms with Crippen LogP contribution < -0.4 is 4.90 Å². The van der Waals surface area contributed by atoms with E-state index in [0.717, 1.165) is 0 Å². The van der Waals surface area contributed by atoms with Gasteiger partial charge in [-0.1, -0.05) is 36.4 Å². The summed E-state index contributed by atoms with van der Waals surface area (Å²) in [5.74, 6) is 0. The molecule has 2 aromatic rings. The van der Waals surface area contributed by atoms with Crippen molar-refractivity contribution in [1.29, 1.82) is 0 Å². The maximum absolute atomic E-state index is 8.36. The lowest BCUT2D eigenvalue weighted by Crippen LogP contribution is -2.08. The molecule has 94 valence electrons. The molecule has 0 heterocycles. The number of para-hydroxylation sites is 2. The Morgan fingerprint density at radius 2 is 1.22 bits per heavy atom. The molecule has 1 N–H and O–H groups in total. The second-order valence-corrected chi connectivity index (χ2v) is 3.47. The zero-order valence-corrected chi connectivity index (χ0v) is 9.93. The number of hydrogen-bond acceptors (Lipinski definition) is 3. The van der Waals surface area contributed by atoms with Crippen LogP contribution in [0.15, 0.2) is 60.7 Å². The minimum absolute atomic E-state index is 1.21. The highest BCUT2D eigenvalue weighted by Crippen LogP contribution is 2.21. The molecular formula is C13H14N2O3. The van der Waals surface area contributed by atoms with Gasteiger partial charge in [0.2, 0.25) is 0 Å². The van der Waals surface area contributed by atoms with Crippen molar-refractivity contribution >= 4 is 11.4 Å². The van der Waals surface area contributed by atoms with Gasteiger partial charge in [0.1, 0.15) is 0 Å². The van der Waals surface area contributed by atoms with Gasteiger partial charge < -0.3 is 10.1 Å². The van der Waals surface area contributed by atoms with Crippen molar-refractivity contribution in [3.63, 3.8) is 0 Å². The van der Waals surface area contributed by atoms with Crippen LogP contribution in [0.4, 0.5) is 11.4 Å². The third kappa shape index (κ3) is 4.52. The SMILES string of the molecule is CN(c1ccccc1)c1ccccc1.O=[N+]([O-])O. The summed E-state index contributed by atoms with van der Waals surface area (Å²) in [6.07, 6.45) is 0. The van der Waals surface area contributed by atoms with E-state index in [1.807, 2.05) is 12.1 Å². The summed E-state index contributed by atoms with van der Waals surface area (Å²) in [4.78, 5) is 10.5. The maximum atomic E-state index is 8.36. The topological polar surface area (TPSA) is 66.6 Å². The van der Waals surface area contributed by atoms with Crippen LogP contribution in [0.5, 0.6) is 0 Å². The molecule has 0 unspecified atom stereocenters. The Bertz CT molecular complexity index is 431. The van der Waals surface area contributed by atoms with Gasteiger partial charge in [-0.3, -0.25) is 0 Å². The fourth-order valence-electron chi connectivity index (χ4n) is 1.45. The molecule has 0 aliphatic heterocycles. The first kappa shape index (κ1) is 13.5. The highest BCUT2D eigenvalue weighted by Gasteiger charge is 2.00. The molecule has 0 radical (unpaired) electrons. The van der Waals surface area contributed by atoms with Gasteiger partial charge in [0.05, 0.1) is 0 Å². The van der Waals surface area contributed by atoms with Gasteiger partial charge in [0.15, 0.2) is 0 Å². The van der Waals surface area contributed by atoms with Crippen molar-refractivity contribution in [1.82, 2.24) is 0 Å². The Morgan fingerprint density at radius 3 is 1.50 bits per heavy atom. The molecule has 18 heavy (non-hydrogen) atoms. The van der Waals surface area contributed by atoms with Crippen LogP contribution >= 0.6 is 0 Å². The molecular weight excluding hydrogens is 232 g/mol. The van der Waals surface area contributed by atoms with E-state index in [2.05, 4.69) is 60.5 Å². The van der Waals surface area contributed by atoms with E-state index in [0.29, 0.717) is 0 Å². The predicted octanol–water partition coefficient (Wildman–Crippen LogP) is 3.11. The van der Waals surface area contributed by atoms with E-state index in [9.17, 15) is 0 Å². The first-order valence-electron chi connectivity index (χ1n) is 5.28. The molecule has 2 aromatic carbocycles. The monoisotopic (exact) mass is 246 g/mol. The smallest absolute Gasteiger partial charge is 0.291 e. The molecule has 0 saturated heterocycles. The Morgan fingerprint density at radius 1 is 0.944 bits per heavy atom. The van der Waals surface area contributed by atoms with Crippen LogP contribution in [-0.4, -0.2) is 17.3 Å². The highest BCUT2D eigenvalue weighted by molar-refractivity contribution is 5.61. The van der Waals surface area contributed by atoms with Gasteiger partial charge in [0.25, 0.3) is 5.09 Å². The normalized spacial score (nSPS) is 8.94. The van der Waals surface area contributed by atoms with E-state index in [-0.39, 0.29) is 0 Å². The molecule has 0 bridgehead atoms. The van der Waals surface area contributed by atoms with Crippen LogP contribution in [-0.2, 0) is 0 Å². The Hall–Kier alpha value is -2.56. The summed E-state index contributed by atoms with van der Waals surface area (Å²) in [5.41, 5.74) is 2.41. The van der Waals surface area contributed by atoms with Crippen molar-refractivity contribution < 1.29 is 10.3 Å². The highest BCUT2D eigenvalue weighted by atomic mass is 16.9. The molecule has 5 nitrogen and oxygen atoms in total. The van der Waals surface area contributed by atoms with Gasteiger partial charge >= 0.3 is 0 Å². The number of rotatable bonds is 2. The Labute approximate surface area is 105 Å². The summed E-state index contributed by atoms with van der Waals surface area (Å²) in [5, 5.41) is 13.6. The van der Waals surface area contributed by atoms with Crippen LogP contribution in [0.3, 0.4) is 0 Å². The molecule has 0 aliphatic rings. The molecule has 0 fully saturated rings. The molecule has 0 spiro atoms. The van der Waals surface area contributed by atoms with Crippen molar-refractivity contribution in [2.24, 2.45) is 0 Å². The van der Waals surface area contributed by atoms with E-state index >= 15 is 0 Å². The average molecular weight is 246 g/mol. The van der Waals surface area contributed by atoms with Gasteiger partial charge in [-0.2, -0.15) is 0 Å². The summed E-state index contributed by atoms with van der Waals surface area (Å²) in [7, 11) is 2.07. The zero-order chi connectivity index (χ0) is 13.4. The standard InChI is InChI=1S/C13H13N.HNO3/c1-14(12-8-4-2-5-9-12)13-10-6-3-7-11-13;2-1(3)4/h2-11H,1H3;(H,2,3,4).